The largest absolute Gasteiger partial charge is 0.492 e. The molecule has 0 aromatic heterocycles. The summed E-state index contributed by atoms with van der Waals surface area (Å²) in [7, 11) is 0. The van der Waals surface area contributed by atoms with Crippen molar-refractivity contribution in [3.05, 3.63) is 65.5 Å². The summed E-state index contributed by atoms with van der Waals surface area (Å²) in [6.45, 7) is 0.0931. The number of benzene rings is 2. The summed E-state index contributed by atoms with van der Waals surface area (Å²) in [5.41, 5.74) is 0.491. The quantitative estimate of drug-likeness (QED) is 0.943. The molecule has 0 spiro atoms. The van der Waals surface area contributed by atoms with E-state index in [1.165, 1.54) is 12.1 Å². The number of carboxylic acid groups (broad SMARTS) is 1. The fourth-order valence-corrected chi connectivity index (χ4v) is 2.79. The zero-order chi connectivity index (χ0) is 14.9. The van der Waals surface area contributed by atoms with Crippen LogP contribution in [0.5, 0.6) is 5.75 Å². The number of ether oxygens (including phenoxy) is 1. The first-order valence-electron chi connectivity index (χ1n) is 6.78. The van der Waals surface area contributed by atoms with Crippen LogP contribution in [-0.2, 0) is 17.6 Å². The average Bonchev–Trinajstić information content (AvgIpc) is 2.47. The van der Waals surface area contributed by atoms with Crippen LogP contribution in [0.4, 0.5) is 4.39 Å². The van der Waals surface area contributed by atoms with Gasteiger partial charge < -0.3 is 9.84 Å². The average molecular weight is 286 g/mol. The Kier molecular flexibility index (Phi) is 3.37. The van der Waals surface area contributed by atoms with E-state index in [-0.39, 0.29) is 18.8 Å². The fourth-order valence-electron chi connectivity index (χ4n) is 2.79. The molecule has 0 amide bonds. The SMILES string of the molecule is O=C(O)C1(Cc2cccc(F)c2)COc2ccccc2C1. The fraction of sp³-hybridized carbons (Fsp3) is 0.235. The van der Waals surface area contributed by atoms with Crippen LogP contribution in [0, 0.1) is 11.2 Å². The van der Waals surface area contributed by atoms with Crippen molar-refractivity contribution in [2.45, 2.75) is 12.8 Å². The van der Waals surface area contributed by atoms with Crippen molar-refractivity contribution in [1.82, 2.24) is 0 Å². The Morgan fingerprint density at radius 3 is 2.81 bits per heavy atom. The third-order valence-electron chi connectivity index (χ3n) is 3.89. The van der Waals surface area contributed by atoms with Crippen LogP contribution in [0.15, 0.2) is 48.5 Å². The first-order valence-corrected chi connectivity index (χ1v) is 6.78. The van der Waals surface area contributed by atoms with E-state index in [9.17, 15) is 14.3 Å². The number of halogens is 1. The van der Waals surface area contributed by atoms with Crippen molar-refractivity contribution >= 4 is 5.97 Å². The Balaban J connectivity index is 1.93. The van der Waals surface area contributed by atoms with Crippen molar-refractivity contribution in [3.63, 3.8) is 0 Å². The Morgan fingerprint density at radius 2 is 2.05 bits per heavy atom. The van der Waals surface area contributed by atoms with Gasteiger partial charge in [0.2, 0.25) is 0 Å². The van der Waals surface area contributed by atoms with Crippen LogP contribution in [-0.4, -0.2) is 17.7 Å². The maximum atomic E-state index is 13.3. The normalized spacial score (nSPS) is 20.4. The standard InChI is InChI=1S/C17H15FO3/c18-14-6-3-4-12(8-14)9-17(16(19)20)10-13-5-1-2-7-15(13)21-11-17/h1-8H,9-11H2,(H,19,20). The van der Waals surface area contributed by atoms with Crippen LogP contribution in [0.3, 0.4) is 0 Å². The smallest absolute Gasteiger partial charge is 0.313 e. The van der Waals surface area contributed by atoms with Crippen molar-refractivity contribution in [2.75, 3.05) is 6.61 Å². The third kappa shape index (κ3) is 2.61. The zero-order valence-electron chi connectivity index (χ0n) is 11.4. The number of hydrogen-bond acceptors (Lipinski definition) is 2. The molecule has 3 rings (SSSR count). The molecule has 0 aliphatic carbocycles. The van der Waals surface area contributed by atoms with E-state index in [0.29, 0.717) is 12.0 Å². The molecule has 0 bridgehead atoms. The minimum atomic E-state index is -1.05. The van der Waals surface area contributed by atoms with Crippen molar-refractivity contribution in [3.8, 4) is 5.75 Å². The van der Waals surface area contributed by atoms with E-state index in [0.717, 1.165) is 11.3 Å². The van der Waals surface area contributed by atoms with Crippen LogP contribution in [0.2, 0.25) is 0 Å². The second kappa shape index (κ2) is 5.20. The summed E-state index contributed by atoms with van der Waals surface area (Å²) in [6.07, 6.45) is 0.628. The molecule has 3 nitrogen and oxygen atoms in total. The second-order valence-corrected chi connectivity index (χ2v) is 5.47. The number of para-hydroxylation sites is 1. The predicted octanol–water partition coefficient (Wildman–Crippen LogP) is 3.07. The highest BCUT2D eigenvalue weighted by atomic mass is 19.1. The van der Waals surface area contributed by atoms with E-state index < -0.39 is 11.4 Å². The molecule has 2 aromatic rings. The van der Waals surface area contributed by atoms with E-state index in [1.54, 1.807) is 12.1 Å². The van der Waals surface area contributed by atoms with Gasteiger partial charge in [-0.15, -0.1) is 0 Å². The molecule has 1 N–H and O–H groups in total. The number of carbonyl (C=O) groups is 1. The highest BCUT2D eigenvalue weighted by molar-refractivity contribution is 5.76. The number of fused-ring (bicyclic) bond motifs is 1. The Morgan fingerprint density at radius 1 is 1.24 bits per heavy atom. The maximum Gasteiger partial charge on any atom is 0.313 e. The van der Waals surface area contributed by atoms with Crippen LogP contribution >= 0.6 is 0 Å². The lowest BCUT2D eigenvalue weighted by Crippen LogP contribution is -2.43. The molecule has 2 aromatic carbocycles. The first-order chi connectivity index (χ1) is 10.1. The molecule has 1 atom stereocenters. The van der Waals surface area contributed by atoms with Gasteiger partial charge in [0.15, 0.2) is 0 Å². The number of carboxylic acids is 1. The molecule has 4 heteroatoms. The molecule has 1 unspecified atom stereocenters. The summed E-state index contributed by atoms with van der Waals surface area (Å²) in [5, 5.41) is 9.67. The minimum Gasteiger partial charge on any atom is -0.492 e. The highest BCUT2D eigenvalue weighted by Gasteiger charge is 2.43. The summed E-state index contributed by atoms with van der Waals surface area (Å²) in [6, 6.07) is 13.5. The third-order valence-corrected chi connectivity index (χ3v) is 3.89. The lowest BCUT2D eigenvalue weighted by Gasteiger charge is -2.34. The summed E-state index contributed by atoms with van der Waals surface area (Å²) in [5.74, 6) is -0.542. The second-order valence-electron chi connectivity index (χ2n) is 5.47. The van der Waals surface area contributed by atoms with E-state index in [2.05, 4.69) is 0 Å². The maximum absolute atomic E-state index is 13.3. The number of rotatable bonds is 3. The van der Waals surface area contributed by atoms with Crippen LogP contribution in [0.25, 0.3) is 0 Å². The molecule has 21 heavy (non-hydrogen) atoms. The topological polar surface area (TPSA) is 46.5 Å². The van der Waals surface area contributed by atoms with E-state index >= 15 is 0 Å². The van der Waals surface area contributed by atoms with Gasteiger partial charge in [0.05, 0.1) is 0 Å². The first kappa shape index (κ1) is 13.6. The van der Waals surface area contributed by atoms with Crippen LogP contribution in [0.1, 0.15) is 11.1 Å². The van der Waals surface area contributed by atoms with Crippen molar-refractivity contribution < 1.29 is 19.0 Å². The van der Waals surface area contributed by atoms with Gasteiger partial charge in [-0.2, -0.15) is 0 Å². The van der Waals surface area contributed by atoms with Gasteiger partial charge in [-0.3, -0.25) is 4.79 Å². The Bertz CT molecular complexity index is 683. The van der Waals surface area contributed by atoms with Crippen molar-refractivity contribution in [1.29, 1.82) is 0 Å². The van der Waals surface area contributed by atoms with Gasteiger partial charge >= 0.3 is 5.97 Å². The summed E-state index contributed by atoms with van der Waals surface area (Å²) in [4.78, 5) is 11.8. The monoisotopic (exact) mass is 286 g/mol. The van der Waals surface area contributed by atoms with Gasteiger partial charge in [-0.1, -0.05) is 30.3 Å². The Hall–Kier alpha value is -2.36. The number of hydrogen-bond donors (Lipinski definition) is 1. The van der Waals surface area contributed by atoms with Gasteiger partial charge in [-0.25, -0.2) is 4.39 Å². The molecular weight excluding hydrogens is 271 g/mol. The van der Waals surface area contributed by atoms with Gasteiger partial charge in [-0.05, 0) is 42.2 Å². The minimum absolute atomic E-state index is 0.0931. The lowest BCUT2D eigenvalue weighted by molar-refractivity contribution is -0.151. The number of aliphatic carboxylic acids is 1. The molecule has 0 saturated heterocycles. The predicted molar refractivity (Wildman–Crippen MR) is 75.8 cm³/mol. The molecule has 108 valence electrons. The molecule has 0 radical (unpaired) electrons. The summed E-state index contributed by atoms with van der Waals surface area (Å²) < 4.78 is 18.9. The molecule has 0 saturated carbocycles. The van der Waals surface area contributed by atoms with Gasteiger partial charge in [0.25, 0.3) is 0 Å². The highest BCUT2D eigenvalue weighted by Crippen LogP contribution is 2.37. The van der Waals surface area contributed by atoms with Crippen LogP contribution < -0.4 is 4.74 Å². The molecule has 1 aliphatic rings. The molecule has 0 fully saturated rings. The lowest BCUT2D eigenvalue weighted by atomic mass is 9.75. The zero-order valence-corrected chi connectivity index (χ0v) is 11.4. The van der Waals surface area contributed by atoms with Crippen molar-refractivity contribution in [2.24, 2.45) is 5.41 Å². The van der Waals surface area contributed by atoms with Gasteiger partial charge in [0, 0.05) is 0 Å². The molecule has 1 aliphatic heterocycles. The summed E-state index contributed by atoms with van der Waals surface area (Å²) >= 11 is 0. The molecule has 1 heterocycles. The Labute approximate surface area is 122 Å². The van der Waals surface area contributed by atoms with Gasteiger partial charge in [0.1, 0.15) is 23.6 Å². The molecular formula is C17H15FO3. The van der Waals surface area contributed by atoms with E-state index in [1.807, 2.05) is 24.3 Å². The van der Waals surface area contributed by atoms with E-state index in [4.69, 9.17) is 4.74 Å².